The van der Waals surface area contributed by atoms with Crippen molar-refractivity contribution < 1.29 is 14.3 Å². The van der Waals surface area contributed by atoms with E-state index < -0.39 is 6.04 Å². The third-order valence-electron chi connectivity index (χ3n) is 3.42. The van der Waals surface area contributed by atoms with Gasteiger partial charge in [0, 0.05) is 13.1 Å². The number of likely N-dealkylation sites (N-methyl/N-ethyl adjacent to an activating group) is 1. The maximum absolute atomic E-state index is 12.1. The van der Waals surface area contributed by atoms with Crippen LogP contribution in [0.5, 0.6) is 5.88 Å². The standard InChI is InChI=1S/C12H13N5O3/c1-16-9(18)5-7(11(16)19)17-10-6(14-12(17)13)3-4-8(15-10)20-2/h3-4,7H,5H2,1-2H3,(H2,13,14). The van der Waals surface area contributed by atoms with Gasteiger partial charge in [-0.15, -0.1) is 0 Å². The molecule has 8 heteroatoms. The Hall–Kier alpha value is -2.64. The van der Waals surface area contributed by atoms with E-state index in [2.05, 4.69) is 9.97 Å². The summed E-state index contributed by atoms with van der Waals surface area (Å²) < 4.78 is 6.55. The van der Waals surface area contributed by atoms with Crippen molar-refractivity contribution in [2.75, 3.05) is 19.9 Å². The Balaban J connectivity index is 2.18. The summed E-state index contributed by atoms with van der Waals surface area (Å²) in [5.74, 6) is -0.0132. The minimum absolute atomic E-state index is 0.0594. The number of carbonyl (C=O) groups is 2. The summed E-state index contributed by atoms with van der Waals surface area (Å²) in [7, 11) is 2.95. The number of pyridine rings is 1. The molecule has 0 aromatic carbocycles. The molecule has 0 radical (unpaired) electrons. The lowest BCUT2D eigenvalue weighted by molar-refractivity contribution is -0.137. The van der Waals surface area contributed by atoms with E-state index in [4.69, 9.17) is 10.5 Å². The van der Waals surface area contributed by atoms with E-state index in [1.807, 2.05) is 0 Å². The Morgan fingerprint density at radius 1 is 1.35 bits per heavy atom. The van der Waals surface area contributed by atoms with Crippen LogP contribution in [0.25, 0.3) is 11.2 Å². The summed E-state index contributed by atoms with van der Waals surface area (Å²) in [6.45, 7) is 0. The maximum Gasteiger partial charge on any atom is 0.252 e. The number of carbonyl (C=O) groups excluding carboxylic acids is 2. The Bertz CT molecular complexity index is 723. The number of anilines is 1. The lowest BCUT2D eigenvalue weighted by Crippen LogP contribution is -2.27. The number of fused-ring (bicyclic) bond motifs is 1. The monoisotopic (exact) mass is 275 g/mol. The minimum atomic E-state index is -0.697. The number of nitrogens with zero attached hydrogens (tertiary/aromatic N) is 4. The SMILES string of the molecule is COc1ccc2nc(N)n(C3CC(=O)N(C)C3=O)c2n1. The number of likely N-dealkylation sites (tertiary alicyclic amines) is 1. The van der Waals surface area contributed by atoms with Crippen LogP contribution in [0.3, 0.4) is 0 Å². The summed E-state index contributed by atoms with van der Waals surface area (Å²) in [6.07, 6.45) is 0.0594. The van der Waals surface area contributed by atoms with Crippen LogP contribution >= 0.6 is 0 Å². The number of hydrogen-bond acceptors (Lipinski definition) is 6. The summed E-state index contributed by atoms with van der Waals surface area (Å²) in [4.78, 5) is 33.3. The van der Waals surface area contributed by atoms with Crippen LogP contribution in [0.4, 0.5) is 5.95 Å². The summed E-state index contributed by atoms with van der Waals surface area (Å²) >= 11 is 0. The average Bonchev–Trinajstić information content (AvgIpc) is 2.89. The number of imide groups is 1. The van der Waals surface area contributed by atoms with E-state index in [1.165, 1.54) is 18.7 Å². The van der Waals surface area contributed by atoms with Crippen molar-refractivity contribution in [2.24, 2.45) is 0 Å². The third kappa shape index (κ3) is 1.61. The minimum Gasteiger partial charge on any atom is -0.481 e. The summed E-state index contributed by atoms with van der Waals surface area (Å²) in [5, 5.41) is 0. The Morgan fingerprint density at radius 3 is 2.70 bits per heavy atom. The predicted molar refractivity (Wildman–Crippen MR) is 69.9 cm³/mol. The van der Waals surface area contributed by atoms with Crippen LogP contribution in [0.1, 0.15) is 12.5 Å². The lowest BCUT2D eigenvalue weighted by atomic mass is 10.2. The van der Waals surface area contributed by atoms with Gasteiger partial charge in [-0.3, -0.25) is 19.1 Å². The molecule has 3 heterocycles. The average molecular weight is 275 g/mol. The second-order valence-corrected chi connectivity index (χ2v) is 4.55. The lowest BCUT2D eigenvalue weighted by Gasteiger charge is -2.12. The number of nitrogen functional groups attached to an aromatic ring is 1. The Morgan fingerprint density at radius 2 is 2.10 bits per heavy atom. The molecular weight excluding hydrogens is 262 g/mol. The second kappa shape index (κ2) is 4.19. The number of aromatic nitrogens is 3. The van der Waals surface area contributed by atoms with E-state index in [0.717, 1.165) is 4.90 Å². The van der Waals surface area contributed by atoms with Gasteiger partial charge in [0.1, 0.15) is 11.6 Å². The molecule has 104 valence electrons. The first kappa shape index (κ1) is 12.4. The van der Waals surface area contributed by atoms with Gasteiger partial charge in [-0.25, -0.2) is 4.98 Å². The zero-order valence-electron chi connectivity index (χ0n) is 11.0. The van der Waals surface area contributed by atoms with Crippen LogP contribution in [0.15, 0.2) is 12.1 Å². The number of methoxy groups -OCH3 is 1. The second-order valence-electron chi connectivity index (χ2n) is 4.55. The molecule has 0 spiro atoms. The summed E-state index contributed by atoms with van der Waals surface area (Å²) in [5.41, 5.74) is 6.85. The van der Waals surface area contributed by atoms with Crippen LogP contribution < -0.4 is 10.5 Å². The molecule has 1 aliphatic rings. The fourth-order valence-electron chi connectivity index (χ4n) is 2.33. The largest absolute Gasteiger partial charge is 0.481 e. The van der Waals surface area contributed by atoms with E-state index >= 15 is 0 Å². The van der Waals surface area contributed by atoms with Crippen molar-refractivity contribution in [3.05, 3.63) is 12.1 Å². The molecule has 2 amide bonds. The topological polar surface area (TPSA) is 103 Å². The molecule has 1 unspecified atom stereocenters. The van der Waals surface area contributed by atoms with Gasteiger partial charge in [-0.2, -0.15) is 4.98 Å². The van der Waals surface area contributed by atoms with Gasteiger partial charge >= 0.3 is 0 Å². The van der Waals surface area contributed by atoms with Gasteiger partial charge in [0.05, 0.1) is 13.5 Å². The molecule has 1 aliphatic heterocycles. The molecule has 1 saturated heterocycles. The Kier molecular flexibility index (Phi) is 2.60. The normalized spacial score (nSPS) is 19.1. The zero-order valence-corrected chi connectivity index (χ0v) is 11.0. The van der Waals surface area contributed by atoms with Crippen LogP contribution in [-0.4, -0.2) is 45.4 Å². The molecule has 0 bridgehead atoms. The zero-order chi connectivity index (χ0) is 14.4. The number of amides is 2. The van der Waals surface area contributed by atoms with Gasteiger partial charge in [0.25, 0.3) is 5.91 Å². The van der Waals surface area contributed by atoms with Gasteiger partial charge < -0.3 is 10.5 Å². The van der Waals surface area contributed by atoms with Crippen molar-refractivity contribution in [3.8, 4) is 5.88 Å². The number of nitrogens with two attached hydrogens (primary N) is 1. The third-order valence-corrected chi connectivity index (χ3v) is 3.42. The molecule has 8 nitrogen and oxygen atoms in total. The van der Waals surface area contributed by atoms with E-state index in [-0.39, 0.29) is 24.2 Å². The molecule has 0 saturated carbocycles. The Labute approximate surface area is 114 Å². The first-order chi connectivity index (χ1) is 9.52. The highest BCUT2D eigenvalue weighted by atomic mass is 16.5. The van der Waals surface area contributed by atoms with Gasteiger partial charge in [0.15, 0.2) is 5.65 Å². The van der Waals surface area contributed by atoms with Crippen LogP contribution in [-0.2, 0) is 9.59 Å². The fourth-order valence-corrected chi connectivity index (χ4v) is 2.33. The molecular formula is C12H13N5O3. The van der Waals surface area contributed by atoms with Crippen LogP contribution in [0, 0.1) is 0 Å². The maximum atomic E-state index is 12.1. The van der Waals surface area contributed by atoms with E-state index in [0.29, 0.717) is 17.0 Å². The number of ether oxygens (including phenoxy) is 1. The van der Waals surface area contributed by atoms with Gasteiger partial charge in [-0.1, -0.05) is 0 Å². The van der Waals surface area contributed by atoms with Crippen molar-refractivity contribution >= 4 is 28.9 Å². The van der Waals surface area contributed by atoms with Crippen molar-refractivity contribution in [3.63, 3.8) is 0 Å². The number of imidazole rings is 1. The molecule has 1 atom stereocenters. The molecule has 2 aromatic rings. The molecule has 0 aliphatic carbocycles. The predicted octanol–water partition coefficient (Wildman–Crippen LogP) is -0.0481. The van der Waals surface area contributed by atoms with Crippen molar-refractivity contribution in [1.29, 1.82) is 0 Å². The summed E-state index contributed by atoms with van der Waals surface area (Å²) in [6, 6.07) is 2.67. The molecule has 1 fully saturated rings. The first-order valence-electron chi connectivity index (χ1n) is 6.01. The van der Waals surface area contributed by atoms with E-state index in [9.17, 15) is 9.59 Å². The highest BCUT2D eigenvalue weighted by Crippen LogP contribution is 2.30. The molecule has 2 aromatic heterocycles. The van der Waals surface area contributed by atoms with Gasteiger partial charge in [0.2, 0.25) is 17.7 Å². The quantitative estimate of drug-likeness (QED) is 0.771. The van der Waals surface area contributed by atoms with Crippen molar-refractivity contribution in [1.82, 2.24) is 19.4 Å². The molecule has 3 rings (SSSR count). The highest BCUT2D eigenvalue weighted by Gasteiger charge is 2.39. The fraction of sp³-hybridized carbons (Fsp3) is 0.333. The number of rotatable bonds is 2. The number of hydrogen-bond donors (Lipinski definition) is 1. The smallest absolute Gasteiger partial charge is 0.252 e. The molecule has 2 N–H and O–H groups in total. The first-order valence-corrected chi connectivity index (χ1v) is 6.01. The van der Waals surface area contributed by atoms with E-state index in [1.54, 1.807) is 12.1 Å². The van der Waals surface area contributed by atoms with Crippen molar-refractivity contribution in [2.45, 2.75) is 12.5 Å². The van der Waals surface area contributed by atoms with Gasteiger partial charge in [-0.05, 0) is 6.07 Å². The molecule has 20 heavy (non-hydrogen) atoms. The highest BCUT2D eigenvalue weighted by molar-refractivity contribution is 6.05. The van der Waals surface area contributed by atoms with Crippen LogP contribution in [0.2, 0.25) is 0 Å².